The summed E-state index contributed by atoms with van der Waals surface area (Å²) < 4.78 is 18.2. The molecule has 0 unspecified atom stereocenters. The first kappa shape index (κ1) is 22.1. The Hall–Kier alpha value is -0.160. The van der Waals surface area contributed by atoms with Crippen LogP contribution in [0.5, 0.6) is 0 Å². The fourth-order valence-corrected chi connectivity index (χ4v) is 4.80. The van der Waals surface area contributed by atoms with Gasteiger partial charge in [-0.05, 0) is 50.5 Å². The number of hydrogen-bond donors (Lipinski definition) is 0. The normalized spacial score (nSPS) is 29.8. The van der Waals surface area contributed by atoms with Crippen molar-refractivity contribution in [2.75, 3.05) is 39.5 Å². The van der Waals surface area contributed by atoms with E-state index < -0.39 is 0 Å². The molecule has 0 bridgehead atoms. The summed E-state index contributed by atoms with van der Waals surface area (Å²) >= 11 is 0. The fourth-order valence-electron chi connectivity index (χ4n) is 4.80. The summed E-state index contributed by atoms with van der Waals surface area (Å²) in [5.74, 6) is 0.541. The van der Waals surface area contributed by atoms with Gasteiger partial charge in [0, 0.05) is 32.5 Å². The van der Waals surface area contributed by atoms with Gasteiger partial charge in [-0.1, -0.05) is 34.1 Å². The molecular weight excluding hydrogens is 326 g/mol. The van der Waals surface area contributed by atoms with Crippen LogP contribution < -0.4 is 0 Å². The van der Waals surface area contributed by atoms with Crippen LogP contribution in [0.25, 0.3) is 0 Å². The predicted octanol–water partition coefficient (Wildman–Crippen LogP) is 4.86. The lowest BCUT2D eigenvalue weighted by Crippen LogP contribution is -2.39. The smallest absolute Gasteiger partial charge is 0.168 e. The van der Waals surface area contributed by atoms with Crippen molar-refractivity contribution in [3.63, 3.8) is 0 Å². The van der Waals surface area contributed by atoms with Gasteiger partial charge in [0.05, 0.1) is 19.3 Å². The van der Waals surface area contributed by atoms with Gasteiger partial charge in [0.25, 0.3) is 0 Å². The molecule has 4 nitrogen and oxygen atoms in total. The number of hydrogen-bond acceptors (Lipinski definition) is 4. The maximum atomic E-state index is 6.45. The molecule has 4 heteroatoms. The van der Waals surface area contributed by atoms with E-state index in [0.29, 0.717) is 5.41 Å². The van der Waals surface area contributed by atoms with E-state index in [4.69, 9.17) is 14.2 Å². The SMILES string of the molecule is CCCC(C)(C)C1CCC2(CC1)OC[C@H](CCN(CC)CCOCC)O2. The first-order valence-corrected chi connectivity index (χ1v) is 11.1. The summed E-state index contributed by atoms with van der Waals surface area (Å²) in [5.41, 5.74) is 0.455. The van der Waals surface area contributed by atoms with Crippen LogP contribution in [0, 0.1) is 11.3 Å². The first-order valence-electron chi connectivity index (χ1n) is 11.1. The quantitative estimate of drug-likeness (QED) is 0.487. The molecule has 1 spiro atoms. The molecule has 0 aromatic heterocycles. The van der Waals surface area contributed by atoms with Crippen molar-refractivity contribution in [1.82, 2.24) is 4.90 Å². The molecular formula is C22H43NO3. The third kappa shape index (κ3) is 6.19. The van der Waals surface area contributed by atoms with E-state index in [9.17, 15) is 0 Å². The van der Waals surface area contributed by atoms with Gasteiger partial charge in [0.2, 0.25) is 0 Å². The van der Waals surface area contributed by atoms with E-state index in [1.54, 1.807) is 0 Å². The van der Waals surface area contributed by atoms with Crippen molar-refractivity contribution >= 4 is 0 Å². The molecule has 1 saturated heterocycles. The first-order chi connectivity index (χ1) is 12.4. The molecule has 26 heavy (non-hydrogen) atoms. The minimum Gasteiger partial charge on any atom is -0.380 e. The van der Waals surface area contributed by atoms with Crippen LogP contribution in [0.3, 0.4) is 0 Å². The van der Waals surface area contributed by atoms with E-state index >= 15 is 0 Å². The molecule has 1 saturated carbocycles. The van der Waals surface area contributed by atoms with Crippen molar-refractivity contribution in [1.29, 1.82) is 0 Å². The third-order valence-electron chi connectivity index (χ3n) is 6.63. The van der Waals surface area contributed by atoms with Gasteiger partial charge < -0.3 is 19.1 Å². The second-order valence-corrected chi connectivity index (χ2v) is 8.89. The number of ether oxygens (including phenoxy) is 3. The van der Waals surface area contributed by atoms with E-state index in [0.717, 1.165) is 64.6 Å². The maximum Gasteiger partial charge on any atom is 0.168 e. The second kappa shape index (κ2) is 10.4. The van der Waals surface area contributed by atoms with Gasteiger partial charge in [0.1, 0.15) is 0 Å². The lowest BCUT2D eigenvalue weighted by atomic mass is 9.68. The van der Waals surface area contributed by atoms with Crippen LogP contribution in [-0.2, 0) is 14.2 Å². The Bertz CT molecular complexity index is 391. The molecule has 1 heterocycles. The lowest BCUT2D eigenvalue weighted by Gasteiger charge is -2.42. The van der Waals surface area contributed by atoms with Crippen molar-refractivity contribution in [2.45, 2.75) is 91.5 Å². The second-order valence-electron chi connectivity index (χ2n) is 8.89. The molecule has 0 aromatic rings. The zero-order valence-corrected chi connectivity index (χ0v) is 18.0. The Morgan fingerprint density at radius 3 is 2.46 bits per heavy atom. The highest BCUT2D eigenvalue weighted by Crippen LogP contribution is 2.47. The Balaban J connectivity index is 1.73. The van der Waals surface area contributed by atoms with E-state index in [-0.39, 0.29) is 11.9 Å². The van der Waals surface area contributed by atoms with E-state index in [1.165, 1.54) is 25.7 Å². The molecule has 0 radical (unpaired) electrons. The molecule has 0 aromatic carbocycles. The van der Waals surface area contributed by atoms with Gasteiger partial charge in [0.15, 0.2) is 5.79 Å². The van der Waals surface area contributed by atoms with Crippen LogP contribution in [-0.4, -0.2) is 56.2 Å². The predicted molar refractivity (Wildman–Crippen MR) is 107 cm³/mol. The molecule has 1 aliphatic carbocycles. The average molecular weight is 370 g/mol. The van der Waals surface area contributed by atoms with E-state index in [1.807, 2.05) is 0 Å². The molecule has 0 amide bonds. The Labute approximate surface area is 161 Å². The maximum absolute atomic E-state index is 6.45. The van der Waals surface area contributed by atoms with Gasteiger partial charge in [-0.3, -0.25) is 0 Å². The standard InChI is InChI=1S/C22H43NO3/c1-6-12-21(4,5)19-9-13-22(14-10-19)25-18-20(26-22)11-15-23(7-2)16-17-24-8-3/h19-20H,6-18H2,1-5H3/t19?,20-,22?/m0/s1. The molecule has 1 atom stereocenters. The average Bonchev–Trinajstić information content (AvgIpc) is 3.01. The summed E-state index contributed by atoms with van der Waals surface area (Å²) in [6, 6.07) is 0. The summed E-state index contributed by atoms with van der Waals surface area (Å²) in [5, 5.41) is 0. The summed E-state index contributed by atoms with van der Waals surface area (Å²) in [7, 11) is 0. The highest BCUT2D eigenvalue weighted by Gasteiger charge is 2.46. The van der Waals surface area contributed by atoms with E-state index in [2.05, 4.69) is 39.5 Å². The Morgan fingerprint density at radius 2 is 1.85 bits per heavy atom. The van der Waals surface area contributed by atoms with Crippen LogP contribution in [0.4, 0.5) is 0 Å². The molecule has 0 N–H and O–H groups in total. The number of likely N-dealkylation sites (N-methyl/N-ethyl adjacent to an activating group) is 1. The van der Waals surface area contributed by atoms with Crippen LogP contribution in [0.2, 0.25) is 0 Å². The number of rotatable bonds is 11. The van der Waals surface area contributed by atoms with Gasteiger partial charge in [-0.15, -0.1) is 0 Å². The summed E-state index contributed by atoms with van der Waals surface area (Å²) in [6.45, 7) is 17.0. The topological polar surface area (TPSA) is 30.9 Å². The van der Waals surface area contributed by atoms with Crippen molar-refractivity contribution in [3.05, 3.63) is 0 Å². The van der Waals surface area contributed by atoms with Crippen molar-refractivity contribution in [2.24, 2.45) is 11.3 Å². The van der Waals surface area contributed by atoms with Gasteiger partial charge >= 0.3 is 0 Å². The Kier molecular flexibility index (Phi) is 8.85. The van der Waals surface area contributed by atoms with Gasteiger partial charge in [-0.2, -0.15) is 0 Å². The largest absolute Gasteiger partial charge is 0.380 e. The third-order valence-corrected chi connectivity index (χ3v) is 6.63. The summed E-state index contributed by atoms with van der Waals surface area (Å²) in [4.78, 5) is 2.45. The lowest BCUT2D eigenvalue weighted by molar-refractivity contribution is -0.197. The molecule has 2 rings (SSSR count). The summed E-state index contributed by atoms with van der Waals surface area (Å²) in [6.07, 6.45) is 8.56. The van der Waals surface area contributed by atoms with Crippen molar-refractivity contribution < 1.29 is 14.2 Å². The zero-order chi connectivity index (χ0) is 19.0. The monoisotopic (exact) mass is 369 g/mol. The van der Waals surface area contributed by atoms with Crippen LogP contribution in [0.1, 0.15) is 79.6 Å². The van der Waals surface area contributed by atoms with Crippen LogP contribution >= 0.6 is 0 Å². The minimum atomic E-state index is -0.272. The van der Waals surface area contributed by atoms with Crippen LogP contribution in [0.15, 0.2) is 0 Å². The van der Waals surface area contributed by atoms with Gasteiger partial charge in [-0.25, -0.2) is 0 Å². The molecule has 2 aliphatic rings. The highest BCUT2D eigenvalue weighted by molar-refractivity contribution is 4.90. The van der Waals surface area contributed by atoms with Crippen molar-refractivity contribution in [3.8, 4) is 0 Å². The molecule has 154 valence electrons. The minimum absolute atomic E-state index is 0.261. The highest BCUT2D eigenvalue weighted by atomic mass is 16.7. The fraction of sp³-hybridized carbons (Fsp3) is 1.00. The molecule has 1 aliphatic heterocycles. The molecule has 2 fully saturated rings. The zero-order valence-electron chi connectivity index (χ0n) is 18.0. The number of nitrogens with zero attached hydrogens (tertiary/aromatic N) is 1. The Morgan fingerprint density at radius 1 is 1.12 bits per heavy atom.